The predicted molar refractivity (Wildman–Crippen MR) is 95.0 cm³/mol. The molecule has 0 atom stereocenters. The van der Waals surface area contributed by atoms with Crippen LogP contribution in [-0.2, 0) is 4.74 Å². The van der Waals surface area contributed by atoms with Gasteiger partial charge < -0.3 is 15.0 Å². The number of amides is 1. The summed E-state index contributed by atoms with van der Waals surface area (Å²) in [6, 6.07) is 13.5. The van der Waals surface area contributed by atoms with Crippen LogP contribution < -0.4 is 10.9 Å². The zero-order valence-electron chi connectivity index (χ0n) is 13.8. The SMILES string of the molecule is COC(=O)c1cccc(NC(=O)c2cc3ccc(C)cc3[nH]c2=O)c1. The minimum absolute atomic E-state index is 0.000163. The van der Waals surface area contributed by atoms with Gasteiger partial charge in [0.15, 0.2) is 0 Å². The Morgan fingerprint density at radius 2 is 1.88 bits per heavy atom. The van der Waals surface area contributed by atoms with Crippen LogP contribution in [0, 0.1) is 6.92 Å². The fourth-order valence-corrected chi connectivity index (χ4v) is 2.52. The van der Waals surface area contributed by atoms with Crippen LogP contribution in [0.1, 0.15) is 26.3 Å². The van der Waals surface area contributed by atoms with E-state index in [0.29, 0.717) is 16.8 Å². The van der Waals surface area contributed by atoms with Gasteiger partial charge in [0.05, 0.1) is 12.7 Å². The van der Waals surface area contributed by atoms with Gasteiger partial charge in [-0.05, 0) is 48.2 Å². The maximum Gasteiger partial charge on any atom is 0.337 e. The lowest BCUT2D eigenvalue weighted by atomic mass is 10.1. The van der Waals surface area contributed by atoms with E-state index in [0.717, 1.165) is 10.9 Å². The number of carbonyl (C=O) groups is 2. The number of esters is 1. The summed E-state index contributed by atoms with van der Waals surface area (Å²) < 4.78 is 4.65. The van der Waals surface area contributed by atoms with E-state index in [2.05, 4.69) is 15.0 Å². The molecule has 1 heterocycles. The number of benzene rings is 2. The molecule has 0 fully saturated rings. The molecule has 25 heavy (non-hydrogen) atoms. The van der Waals surface area contributed by atoms with Gasteiger partial charge in [-0.1, -0.05) is 18.2 Å². The smallest absolute Gasteiger partial charge is 0.337 e. The number of ether oxygens (including phenoxy) is 1. The van der Waals surface area contributed by atoms with Crippen molar-refractivity contribution in [3.8, 4) is 0 Å². The Bertz CT molecular complexity index is 1040. The zero-order valence-corrected chi connectivity index (χ0v) is 13.8. The molecule has 126 valence electrons. The normalized spacial score (nSPS) is 10.5. The lowest BCUT2D eigenvalue weighted by Crippen LogP contribution is -2.23. The third kappa shape index (κ3) is 3.42. The van der Waals surface area contributed by atoms with E-state index < -0.39 is 17.4 Å². The number of pyridine rings is 1. The molecule has 0 radical (unpaired) electrons. The number of aromatic nitrogens is 1. The Morgan fingerprint density at radius 1 is 1.08 bits per heavy atom. The standard InChI is InChI=1S/C19H16N2O4/c1-11-6-7-12-10-15(18(23)21-16(12)8-11)17(22)20-14-5-3-4-13(9-14)19(24)25-2/h3-10H,1-2H3,(H,20,22)(H,21,23). The number of aryl methyl sites for hydroxylation is 1. The highest BCUT2D eigenvalue weighted by atomic mass is 16.5. The van der Waals surface area contributed by atoms with Crippen molar-refractivity contribution < 1.29 is 14.3 Å². The first-order chi connectivity index (χ1) is 12.0. The minimum Gasteiger partial charge on any atom is -0.465 e. The lowest BCUT2D eigenvalue weighted by Gasteiger charge is -2.07. The van der Waals surface area contributed by atoms with Crippen molar-refractivity contribution in [2.75, 3.05) is 12.4 Å². The van der Waals surface area contributed by atoms with Crippen molar-refractivity contribution in [3.63, 3.8) is 0 Å². The number of anilines is 1. The maximum atomic E-state index is 12.4. The molecule has 0 spiro atoms. The molecule has 1 amide bonds. The van der Waals surface area contributed by atoms with Crippen LogP contribution in [0.5, 0.6) is 0 Å². The van der Waals surface area contributed by atoms with Crippen molar-refractivity contribution >= 4 is 28.5 Å². The first-order valence-electron chi connectivity index (χ1n) is 7.61. The molecule has 3 rings (SSSR count). The molecule has 0 aliphatic carbocycles. The quantitative estimate of drug-likeness (QED) is 0.720. The van der Waals surface area contributed by atoms with E-state index in [-0.39, 0.29) is 5.56 Å². The second kappa shape index (κ2) is 6.60. The van der Waals surface area contributed by atoms with Crippen LogP contribution in [0.4, 0.5) is 5.69 Å². The van der Waals surface area contributed by atoms with Crippen LogP contribution in [0.2, 0.25) is 0 Å². The Balaban J connectivity index is 1.92. The van der Waals surface area contributed by atoms with Gasteiger partial charge in [-0.3, -0.25) is 9.59 Å². The lowest BCUT2D eigenvalue weighted by molar-refractivity contribution is 0.0600. The van der Waals surface area contributed by atoms with Crippen LogP contribution in [0.3, 0.4) is 0 Å². The van der Waals surface area contributed by atoms with Crippen molar-refractivity contribution in [1.29, 1.82) is 0 Å². The van der Waals surface area contributed by atoms with Gasteiger partial charge in [0.2, 0.25) is 0 Å². The Kier molecular flexibility index (Phi) is 4.35. The van der Waals surface area contributed by atoms with Crippen LogP contribution in [0.15, 0.2) is 53.3 Å². The Morgan fingerprint density at radius 3 is 2.64 bits per heavy atom. The molecule has 0 unspecified atom stereocenters. The van der Waals surface area contributed by atoms with E-state index >= 15 is 0 Å². The van der Waals surface area contributed by atoms with Crippen molar-refractivity contribution in [2.24, 2.45) is 0 Å². The number of carbonyl (C=O) groups excluding carboxylic acids is 2. The molecule has 0 aliphatic rings. The van der Waals surface area contributed by atoms with Crippen molar-refractivity contribution in [2.45, 2.75) is 6.92 Å². The molecule has 0 aliphatic heterocycles. The zero-order chi connectivity index (χ0) is 18.0. The molecule has 0 saturated heterocycles. The average Bonchev–Trinajstić information content (AvgIpc) is 2.60. The molecular weight excluding hydrogens is 320 g/mol. The largest absolute Gasteiger partial charge is 0.465 e. The number of aromatic amines is 1. The molecule has 0 saturated carbocycles. The topological polar surface area (TPSA) is 88.3 Å². The van der Waals surface area contributed by atoms with E-state index in [1.807, 2.05) is 25.1 Å². The number of hydrogen-bond donors (Lipinski definition) is 2. The van der Waals surface area contributed by atoms with Crippen molar-refractivity contribution in [1.82, 2.24) is 4.98 Å². The molecule has 3 aromatic rings. The number of methoxy groups -OCH3 is 1. The fourth-order valence-electron chi connectivity index (χ4n) is 2.52. The molecule has 2 aromatic carbocycles. The fraction of sp³-hybridized carbons (Fsp3) is 0.105. The number of H-pyrrole nitrogens is 1. The first-order valence-corrected chi connectivity index (χ1v) is 7.61. The van der Waals surface area contributed by atoms with Gasteiger partial charge in [0.1, 0.15) is 5.56 Å². The van der Waals surface area contributed by atoms with Crippen LogP contribution in [0.25, 0.3) is 10.9 Å². The molecule has 6 nitrogen and oxygen atoms in total. The van der Waals surface area contributed by atoms with Crippen LogP contribution >= 0.6 is 0 Å². The monoisotopic (exact) mass is 336 g/mol. The Labute approximate surface area is 143 Å². The highest BCUT2D eigenvalue weighted by Crippen LogP contribution is 2.15. The summed E-state index contributed by atoms with van der Waals surface area (Å²) in [5.41, 5.74) is 1.92. The summed E-state index contributed by atoms with van der Waals surface area (Å²) in [7, 11) is 1.28. The average molecular weight is 336 g/mol. The number of fused-ring (bicyclic) bond motifs is 1. The third-order valence-corrected chi connectivity index (χ3v) is 3.79. The maximum absolute atomic E-state index is 12.4. The van der Waals surface area contributed by atoms with Crippen LogP contribution in [-0.4, -0.2) is 24.0 Å². The second-order valence-electron chi connectivity index (χ2n) is 5.63. The van der Waals surface area contributed by atoms with Gasteiger partial charge in [-0.15, -0.1) is 0 Å². The summed E-state index contributed by atoms with van der Waals surface area (Å²) in [6.07, 6.45) is 0. The summed E-state index contributed by atoms with van der Waals surface area (Å²) >= 11 is 0. The summed E-state index contributed by atoms with van der Waals surface area (Å²) in [6.45, 7) is 1.92. The highest BCUT2D eigenvalue weighted by molar-refractivity contribution is 6.06. The van der Waals surface area contributed by atoms with E-state index in [9.17, 15) is 14.4 Å². The molecular formula is C19H16N2O4. The Hall–Kier alpha value is -3.41. The van der Waals surface area contributed by atoms with E-state index in [1.165, 1.54) is 13.2 Å². The number of nitrogens with one attached hydrogen (secondary N) is 2. The van der Waals surface area contributed by atoms with Gasteiger partial charge >= 0.3 is 5.97 Å². The second-order valence-corrected chi connectivity index (χ2v) is 5.63. The van der Waals surface area contributed by atoms with Crippen molar-refractivity contribution in [3.05, 3.63) is 75.6 Å². The summed E-state index contributed by atoms with van der Waals surface area (Å²) in [5.74, 6) is -1.05. The van der Waals surface area contributed by atoms with Gasteiger partial charge in [-0.2, -0.15) is 0 Å². The van der Waals surface area contributed by atoms with Gasteiger partial charge in [-0.25, -0.2) is 4.79 Å². The van der Waals surface area contributed by atoms with E-state index in [4.69, 9.17) is 0 Å². The molecule has 6 heteroatoms. The van der Waals surface area contributed by atoms with Gasteiger partial charge in [0, 0.05) is 11.2 Å². The van der Waals surface area contributed by atoms with Gasteiger partial charge in [0.25, 0.3) is 11.5 Å². The van der Waals surface area contributed by atoms with E-state index in [1.54, 1.807) is 24.3 Å². The number of hydrogen-bond acceptors (Lipinski definition) is 4. The molecule has 1 aromatic heterocycles. The molecule has 0 bridgehead atoms. The minimum atomic E-state index is -0.550. The summed E-state index contributed by atoms with van der Waals surface area (Å²) in [5, 5.41) is 3.39. The predicted octanol–water partition coefficient (Wildman–Crippen LogP) is 2.88. The number of rotatable bonds is 3. The summed E-state index contributed by atoms with van der Waals surface area (Å²) in [4.78, 5) is 38.9. The highest BCUT2D eigenvalue weighted by Gasteiger charge is 2.13. The first kappa shape index (κ1) is 16.4. The molecule has 2 N–H and O–H groups in total. The third-order valence-electron chi connectivity index (χ3n) is 3.79.